The number of carbonyl (C=O) groups is 1. The van der Waals surface area contributed by atoms with Crippen molar-refractivity contribution in [3.8, 4) is 11.5 Å². The molecule has 0 saturated heterocycles. The highest BCUT2D eigenvalue weighted by Gasteiger charge is 2.15. The van der Waals surface area contributed by atoms with Gasteiger partial charge in [-0.2, -0.15) is 0 Å². The molecule has 2 aromatic rings. The molecule has 2 aromatic carbocycles. The quantitative estimate of drug-likeness (QED) is 0.642. The van der Waals surface area contributed by atoms with Crippen molar-refractivity contribution in [2.45, 2.75) is 13.5 Å². The highest BCUT2D eigenvalue weighted by molar-refractivity contribution is 6.33. The number of nitrogens with one attached hydrogen (secondary N) is 1. The van der Waals surface area contributed by atoms with E-state index in [4.69, 9.17) is 26.8 Å². The molecule has 0 heterocycles. The van der Waals surface area contributed by atoms with E-state index < -0.39 is 0 Å². The van der Waals surface area contributed by atoms with Crippen LogP contribution in [0.4, 0.5) is 5.69 Å². The maximum Gasteiger partial charge on any atom is 0.255 e. The van der Waals surface area contributed by atoms with Crippen LogP contribution in [0.2, 0.25) is 5.02 Å². The molecule has 1 amide bonds. The van der Waals surface area contributed by atoms with Gasteiger partial charge in [-0.05, 0) is 18.7 Å². The number of anilines is 1. The summed E-state index contributed by atoms with van der Waals surface area (Å²) in [5.41, 5.74) is 7.61. The van der Waals surface area contributed by atoms with Crippen molar-refractivity contribution in [3.05, 3.63) is 52.5 Å². The highest BCUT2D eigenvalue weighted by Crippen LogP contribution is 2.28. The number of likely N-dealkylation sites (N-methyl/N-ethyl adjacent to an activating group) is 1. The zero-order valence-corrected chi connectivity index (χ0v) is 16.7. The number of halogens is 1. The van der Waals surface area contributed by atoms with Gasteiger partial charge in [0.1, 0.15) is 11.5 Å². The summed E-state index contributed by atoms with van der Waals surface area (Å²) in [6, 6.07) is 11.0. The normalized spacial score (nSPS) is 10.7. The number of carbonyl (C=O) groups excluding carboxylic acids is 1. The van der Waals surface area contributed by atoms with E-state index >= 15 is 0 Å². The zero-order chi connectivity index (χ0) is 19.8. The lowest BCUT2D eigenvalue weighted by Crippen LogP contribution is -2.34. The van der Waals surface area contributed by atoms with E-state index in [0.29, 0.717) is 35.1 Å². The lowest BCUT2D eigenvalue weighted by atomic mass is 10.1. The summed E-state index contributed by atoms with van der Waals surface area (Å²) in [4.78, 5) is 14.7. The Labute approximate surface area is 165 Å². The molecule has 3 N–H and O–H groups in total. The minimum absolute atomic E-state index is 0.248. The monoisotopic (exact) mass is 391 g/mol. The van der Waals surface area contributed by atoms with Gasteiger partial charge in [0, 0.05) is 31.3 Å². The third-order valence-electron chi connectivity index (χ3n) is 4.31. The van der Waals surface area contributed by atoms with Crippen molar-refractivity contribution < 1.29 is 14.3 Å². The van der Waals surface area contributed by atoms with Crippen molar-refractivity contribution in [2.75, 3.05) is 39.6 Å². The highest BCUT2D eigenvalue weighted by atomic mass is 35.5. The van der Waals surface area contributed by atoms with E-state index in [1.54, 1.807) is 13.2 Å². The van der Waals surface area contributed by atoms with Gasteiger partial charge in [0.15, 0.2) is 0 Å². The Morgan fingerprint density at radius 1 is 1.19 bits per heavy atom. The molecular formula is C20H26ClN3O3. The SMILES string of the molecule is CCN(CCNC(=O)c1cc(Cl)c(N)cc1OC)Cc1ccccc1OC. The first-order valence-corrected chi connectivity index (χ1v) is 9.13. The van der Waals surface area contributed by atoms with Crippen LogP contribution in [0.1, 0.15) is 22.8 Å². The summed E-state index contributed by atoms with van der Waals surface area (Å²) >= 11 is 6.03. The van der Waals surface area contributed by atoms with Crippen LogP contribution in [0.3, 0.4) is 0 Å². The van der Waals surface area contributed by atoms with E-state index in [9.17, 15) is 4.79 Å². The predicted molar refractivity (Wildman–Crippen MR) is 109 cm³/mol. The number of para-hydroxylation sites is 1. The Hall–Kier alpha value is -2.44. The molecule has 0 fully saturated rings. The number of nitrogen functional groups attached to an aromatic ring is 1. The Morgan fingerprint density at radius 2 is 1.89 bits per heavy atom. The number of nitrogens with two attached hydrogens (primary N) is 1. The molecule has 0 bridgehead atoms. The Morgan fingerprint density at radius 3 is 2.56 bits per heavy atom. The van der Waals surface area contributed by atoms with Gasteiger partial charge < -0.3 is 20.5 Å². The Balaban J connectivity index is 1.96. The maximum atomic E-state index is 12.5. The van der Waals surface area contributed by atoms with Crippen LogP contribution < -0.4 is 20.5 Å². The van der Waals surface area contributed by atoms with Crippen LogP contribution in [0.25, 0.3) is 0 Å². The summed E-state index contributed by atoms with van der Waals surface area (Å²) in [5.74, 6) is 1.01. The van der Waals surface area contributed by atoms with Crippen LogP contribution in [0, 0.1) is 0 Å². The van der Waals surface area contributed by atoms with Crippen LogP contribution >= 0.6 is 11.6 Å². The van der Waals surface area contributed by atoms with Crippen LogP contribution in [0.5, 0.6) is 11.5 Å². The van der Waals surface area contributed by atoms with Gasteiger partial charge in [-0.25, -0.2) is 0 Å². The molecule has 0 saturated carbocycles. The molecule has 7 heteroatoms. The molecule has 0 radical (unpaired) electrons. The number of hydrogen-bond acceptors (Lipinski definition) is 5. The molecule has 2 rings (SSSR count). The molecule has 0 aliphatic heterocycles. The number of amides is 1. The average molecular weight is 392 g/mol. The molecule has 6 nitrogen and oxygen atoms in total. The average Bonchev–Trinajstić information content (AvgIpc) is 2.68. The van der Waals surface area contributed by atoms with Gasteiger partial charge in [0.05, 0.1) is 30.5 Å². The van der Waals surface area contributed by atoms with Crippen LogP contribution in [0.15, 0.2) is 36.4 Å². The Bertz CT molecular complexity index is 783. The minimum atomic E-state index is -0.248. The van der Waals surface area contributed by atoms with Gasteiger partial charge in [0.2, 0.25) is 0 Å². The molecule has 0 aliphatic rings. The molecule has 0 unspecified atom stereocenters. The summed E-state index contributed by atoms with van der Waals surface area (Å²) in [6.07, 6.45) is 0. The van der Waals surface area contributed by atoms with Crippen LogP contribution in [-0.2, 0) is 6.54 Å². The number of hydrogen-bond donors (Lipinski definition) is 2. The third-order valence-corrected chi connectivity index (χ3v) is 4.64. The van der Waals surface area contributed by atoms with Crippen molar-refractivity contribution in [1.29, 1.82) is 0 Å². The van der Waals surface area contributed by atoms with E-state index in [0.717, 1.165) is 24.4 Å². The van der Waals surface area contributed by atoms with Crippen molar-refractivity contribution in [3.63, 3.8) is 0 Å². The number of benzene rings is 2. The van der Waals surface area contributed by atoms with E-state index in [-0.39, 0.29) is 5.91 Å². The van der Waals surface area contributed by atoms with Crippen molar-refractivity contribution >= 4 is 23.2 Å². The van der Waals surface area contributed by atoms with Gasteiger partial charge in [-0.3, -0.25) is 9.69 Å². The summed E-state index contributed by atoms with van der Waals surface area (Å²) in [6.45, 7) is 4.87. The van der Waals surface area contributed by atoms with Crippen molar-refractivity contribution in [1.82, 2.24) is 10.2 Å². The Kier molecular flexibility index (Phi) is 7.76. The first kappa shape index (κ1) is 20.9. The topological polar surface area (TPSA) is 76.8 Å². The molecule has 0 spiro atoms. The molecule has 27 heavy (non-hydrogen) atoms. The number of nitrogens with zero attached hydrogens (tertiary/aromatic N) is 1. The van der Waals surface area contributed by atoms with Crippen molar-refractivity contribution in [2.24, 2.45) is 0 Å². The second-order valence-corrected chi connectivity index (χ2v) is 6.42. The van der Waals surface area contributed by atoms with Gasteiger partial charge in [-0.15, -0.1) is 0 Å². The lowest BCUT2D eigenvalue weighted by molar-refractivity contribution is 0.0945. The first-order valence-electron chi connectivity index (χ1n) is 8.75. The standard InChI is InChI=1S/C20H26ClN3O3/c1-4-24(13-14-7-5-6-8-18(14)26-2)10-9-23-20(25)15-11-16(21)17(22)12-19(15)27-3/h5-8,11-12H,4,9-10,13,22H2,1-3H3,(H,23,25). The molecule has 0 aromatic heterocycles. The van der Waals surface area contributed by atoms with Gasteiger partial charge >= 0.3 is 0 Å². The molecule has 0 atom stereocenters. The largest absolute Gasteiger partial charge is 0.496 e. The first-order chi connectivity index (χ1) is 13.0. The molecule has 0 aliphatic carbocycles. The fraction of sp³-hybridized carbons (Fsp3) is 0.350. The summed E-state index contributed by atoms with van der Waals surface area (Å²) in [5, 5.41) is 3.23. The zero-order valence-electron chi connectivity index (χ0n) is 15.9. The van der Waals surface area contributed by atoms with E-state index in [1.807, 2.05) is 24.3 Å². The van der Waals surface area contributed by atoms with Crippen LogP contribution in [-0.4, -0.2) is 44.7 Å². The fourth-order valence-electron chi connectivity index (χ4n) is 2.76. The summed E-state index contributed by atoms with van der Waals surface area (Å²) < 4.78 is 10.6. The van der Waals surface area contributed by atoms with E-state index in [2.05, 4.69) is 17.1 Å². The van der Waals surface area contributed by atoms with E-state index in [1.165, 1.54) is 13.2 Å². The lowest BCUT2D eigenvalue weighted by Gasteiger charge is -2.22. The fourth-order valence-corrected chi connectivity index (χ4v) is 2.93. The summed E-state index contributed by atoms with van der Waals surface area (Å²) in [7, 11) is 3.16. The maximum absolute atomic E-state index is 12.5. The second kappa shape index (κ2) is 10.0. The minimum Gasteiger partial charge on any atom is -0.496 e. The van der Waals surface area contributed by atoms with Gasteiger partial charge in [-0.1, -0.05) is 36.7 Å². The predicted octanol–water partition coefficient (Wildman–Crippen LogP) is 3.19. The second-order valence-electron chi connectivity index (χ2n) is 6.01. The van der Waals surface area contributed by atoms with Gasteiger partial charge in [0.25, 0.3) is 5.91 Å². The number of rotatable bonds is 9. The number of ether oxygens (including phenoxy) is 2. The smallest absolute Gasteiger partial charge is 0.255 e. The molecular weight excluding hydrogens is 366 g/mol. The third kappa shape index (κ3) is 5.52. The molecule has 146 valence electrons. The number of methoxy groups -OCH3 is 2.